The first-order valence-electron chi connectivity index (χ1n) is 20.4. The number of esters is 1. The van der Waals surface area contributed by atoms with Crippen LogP contribution >= 0.6 is 23.2 Å². The number of benzene rings is 2. The molecule has 316 valence electrons. The van der Waals surface area contributed by atoms with Crippen molar-refractivity contribution in [2.45, 2.75) is 79.1 Å². The minimum atomic E-state index is -0.588. The van der Waals surface area contributed by atoms with Gasteiger partial charge in [0.1, 0.15) is 0 Å². The highest BCUT2D eigenvalue weighted by Gasteiger charge is 2.44. The molecule has 2 aromatic rings. The van der Waals surface area contributed by atoms with Crippen molar-refractivity contribution in [2.75, 3.05) is 60.2 Å². The summed E-state index contributed by atoms with van der Waals surface area (Å²) in [4.78, 5) is 41.3. The Kier molecular flexibility index (Phi) is 17.8. The molecule has 0 aromatic heterocycles. The molecule has 10 nitrogen and oxygen atoms in total. The topological polar surface area (TPSA) is 132 Å². The fourth-order valence-electron chi connectivity index (χ4n) is 7.80. The summed E-state index contributed by atoms with van der Waals surface area (Å²) in [6.45, 7) is 15.2. The third-order valence-electron chi connectivity index (χ3n) is 10.2. The Morgan fingerprint density at radius 3 is 2.12 bits per heavy atom. The highest BCUT2D eigenvalue weighted by Crippen LogP contribution is 2.48. The maximum Gasteiger partial charge on any atom is 0.336 e. The molecule has 0 bridgehead atoms. The maximum absolute atomic E-state index is 13.4. The first kappa shape index (κ1) is 46.9. The van der Waals surface area contributed by atoms with Crippen molar-refractivity contribution in [1.29, 1.82) is 0 Å². The number of Topliss-reactive ketones (excluding diaryl/α,β-unsaturated/α-hetero) is 2. The molecule has 0 saturated carbocycles. The summed E-state index contributed by atoms with van der Waals surface area (Å²) in [6, 6.07) is 15.1. The normalized spacial score (nSPS) is 21.1. The number of nitrogens with one attached hydrogen (secondary N) is 2. The van der Waals surface area contributed by atoms with Crippen LogP contribution in [0.4, 0.5) is 0 Å². The molecule has 6 rings (SSSR count). The fourth-order valence-corrected chi connectivity index (χ4v) is 8.30. The van der Waals surface area contributed by atoms with Gasteiger partial charge < -0.3 is 35.5 Å². The maximum atomic E-state index is 13.4. The van der Waals surface area contributed by atoms with Crippen molar-refractivity contribution in [2.24, 2.45) is 17.1 Å². The van der Waals surface area contributed by atoms with Crippen LogP contribution in [0.25, 0.3) is 0 Å². The zero-order valence-corrected chi connectivity index (χ0v) is 36.9. The second kappa shape index (κ2) is 22.0. The van der Waals surface area contributed by atoms with Gasteiger partial charge in [0.25, 0.3) is 0 Å². The molecule has 0 amide bonds. The summed E-state index contributed by atoms with van der Waals surface area (Å²) < 4.78 is 16.9. The van der Waals surface area contributed by atoms with Crippen LogP contribution in [-0.4, -0.2) is 82.7 Å². The zero-order valence-electron chi connectivity index (χ0n) is 35.4. The van der Waals surface area contributed by atoms with Crippen molar-refractivity contribution < 1.29 is 28.6 Å². The lowest BCUT2D eigenvalue weighted by Crippen LogP contribution is -2.40. The van der Waals surface area contributed by atoms with Crippen LogP contribution in [-0.2, 0) is 28.6 Å². The van der Waals surface area contributed by atoms with Crippen LogP contribution in [0.2, 0.25) is 10.0 Å². The summed E-state index contributed by atoms with van der Waals surface area (Å²) >= 11 is 13.0. The van der Waals surface area contributed by atoms with E-state index in [1.54, 1.807) is 13.0 Å². The van der Waals surface area contributed by atoms with Gasteiger partial charge in [0, 0.05) is 76.0 Å². The largest absolute Gasteiger partial charge is 0.463 e. The first-order valence-corrected chi connectivity index (χ1v) is 21.2. The number of hydrogen-bond acceptors (Lipinski definition) is 10. The van der Waals surface area contributed by atoms with Crippen molar-refractivity contribution in [1.82, 2.24) is 15.5 Å². The number of ether oxygens (including phenoxy) is 3. The molecule has 3 unspecified atom stereocenters. The van der Waals surface area contributed by atoms with E-state index in [0.717, 1.165) is 46.8 Å². The number of dihydropyridines is 2. The van der Waals surface area contributed by atoms with E-state index < -0.39 is 11.9 Å². The molecular weight excluding hydrogens is 775 g/mol. The lowest BCUT2D eigenvalue weighted by atomic mass is 9.68. The lowest BCUT2D eigenvalue weighted by molar-refractivity contribution is -0.139. The first-order chi connectivity index (χ1) is 27.7. The van der Waals surface area contributed by atoms with Crippen LogP contribution in [0.3, 0.4) is 0 Å². The fraction of sp³-hybridized carbons (Fsp3) is 0.500. The Bertz CT molecular complexity index is 1920. The standard InChI is InChI=1S/C25H33ClN2O4.C19H23ClN2O2.C2H6/c1-6-32-24(30)23-19(15-31-12-11-28(4)5)27-18-13-25(2,3)14-20(29)22(18)21(23)16-9-7-8-10-17(16)26;1-12-8-17-19(18(23)9-12)15(14-4-2-3-5-16(14)20)10-13(22-17)11-24-7-6-21;1-2/h7-10,21,27H,6,11-15H2,1-5H3;2-5,10,12,15,22H,6-9,11,21H2,1H3;1-2H3. The lowest BCUT2D eigenvalue weighted by Gasteiger charge is -2.40. The van der Waals surface area contributed by atoms with E-state index in [9.17, 15) is 14.4 Å². The van der Waals surface area contributed by atoms with E-state index in [0.29, 0.717) is 78.4 Å². The molecule has 0 fully saturated rings. The predicted molar refractivity (Wildman–Crippen MR) is 232 cm³/mol. The van der Waals surface area contributed by atoms with E-state index in [4.69, 9.17) is 43.1 Å². The molecule has 2 aliphatic carbocycles. The summed E-state index contributed by atoms with van der Waals surface area (Å²) in [5.41, 5.74) is 12.3. The monoisotopic (exact) mass is 836 g/mol. The number of halogens is 2. The highest BCUT2D eigenvalue weighted by molar-refractivity contribution is 6.32. The van der Waals surface area contributed by atoms with Crippen molar-refractivity contribution in [3.05, 3.63) is 115 Å². The number of nitrogens with zero attached hydrogens (tertiary/aromatic N) is 1. The Balaban J connectivity index is 0.000000255. The molecule has 2 aliphatic heterocycles. The zero-order chi connectivity index (χ0) is 42.6. The molecule has 2 aromatic carbocycles. The summed E-state index contributed by atoms with van der Waals surface area (Å²) in [5, 5.41) is 7.99. The number of carbonyl (C=O) groups is 3. The van der Waals surface area contributed by atoms with Gasteiger partial charge in [0.2, 0.25) is 0 Å². The van der Waals surface area contributed by atoms with Gasteiger partial charge in [-0.3, -0.25) is 9.59 Å². The molecule has 4 aliphatic rings. The number of hydrogen-bond donors (Lipinski definition) is 3. The second-order valence-corrected chi connectivity index (χ2v) is 16.7. The molecular formula is C46H62Cl2N4O6. The van der Waals surface area contributed by atoms with Crippen LogP contribution in [0.1, 0.15) is 90.2 Å². The van der Waals surface area contributed by atoms with Crippen LogP contribution < -0.4 is 16.4 Å². The summed E-state index contributed by atoms with van der Waals surface area (Å²) in [6.07, 6.45) is 4.64. The van der Waals surface area contributed by atoms with E-state index in [-0.39, 0.29) is 36.1 Å². The van der Waals surface area contributed by atoms with Gasteiger partial charge in [-0.05, 0) is 68.5 Å². The number of likely N-dealkylation sites (N-methyl/N-ethyl adjacent to an activating group) is 1. The predicted octanol–water partition coefficient (Wildman–Crippen LogP) is 8.23. The van der Waals surface area contributed by atoms with Crippen LogP contribution in [0, 0.1) is 11.3 Å². The quantitative estimate of drug-likeness (QED) is 0.134. The van der Waals surface area contributed by atoms with E-state index >= 15 is 0 Å². The molecule has 4 N–H and O–H groups in total. The van der Waals surface area contributed by atoms with Crippen LogP contribution in [0.5, 0.6) is 0 Å². The summed E-state index contributed by atoms with van der Waals surface area (Å²) in [7, 11) is 3.96. The summed E-state index contributed by atoms with van der Waals surface area (Å²) in [5.74, 6) is -0.580. The Hall–Kier alpha value is -3.77. The van der Waals surface area contributed by atoms with E-state index in [2.05, 4.69) is 37.5 Å². The third-order valence-corrected chi connectivity index (χ3v) is 10.9. The Morgan fingerprint density at radius 2 is 1.50 bits per heavy atom. The number of allylic oxidation sites excluding steroid dienone is 5. The molecule has 0 radical (unpaired) electrons. The SMILES string of the molecule is CC.CC1CC(=O)C2=C(C1)NC(COCCN)=CC2c1ccccc1Cl.CCOC(=O)C1=C(COCCN(C)C)NC2=C(C(=O)CC(C)(C)C2)C1c1ccccc1Cl. The van der Waals surface area contributed by atoms with Crippen molar-refractivity contribution >= 4 is 40.7 Å². The molecule has 2 heterocycles. The number of carbonyl (C=O) groups excluding carboxylic acids is 3. The van der Waals surface area contributed by atoms with E-state index in [1.165, 1.54) is 0 Å². The number of nitrogens with two attached hydrogens (primary N) is 1. The molecule has 0 saturated heterocycles. The van der Waals surface area contributed by atoms with Gasteiger partial charge in [-0.1, -0.05) is 100 Å². The average molecular weight is 838 g/mol. The second-order valence-electron chi connectivity index (χ2n) is 15.9. The smallest absolute Gasteiger partial charge is 0.336 e. The van der Waals surface area contributed by atoms with Crippen LogP contribution in [0.15, 0.2) is 94.1 Å². The van der Waals surface area contributed by atoms with Gasteiger partial charge in [-0.2, -0.15) is 0 Å². The number of ketones is 2. The minimum absolute atomic E-state index is 0.0306. The van der Waals surface area contributed by atoms with Crippen molar-refractivity contribution in [3.63, 3.8) is 0 Å². The minimum Gasteiger partial charge on any atom is -0.463 e. The van der Waals surface area contributed by atoms with Gasteiger partial charge >= 0.3 is 5.97 Å². The van der Waals surface area contributed by atoms with Gasteiger partial charge in [0.15, 0.2) is 11.6 Å². The van der Waals surface area contributed by atoms with Gasteiger partial charge in [0.05, 0.1) is 44.3 Å². The Labute approximate surface area is 355 Å². The van der Waals surface area contributed by atoms with Crippen molar-refractivity contribution in [3.8, 4) is 0 Å². The Morgan fingerprint density at radius 1 is 0.862 bits per heavy atom. The van der Waals surface area contributed by atoms with E-state index in [1.807, 2.05) is 75.3 Å². The van der Waals surface area contributed by atoms with Gasteiger partial charge in [-0.15, -0.1) is 0 Å². The molecule has 58 heavy (non-hydrogen) atoms. The molecule has 3 atom stereocenters. The molecule has 12 heteroatoms. The third kappa shape index (κ3) is 11.9. The average Bonchev–Trinajstić information content (AvgIpc) is 3.16. The molecule has 0 spiro atoms. The number of rotatable bonds is 13. The highest BCUT2D eigenvalue weighted by atomic mass is 35.5. The van der Waals surface area contributed by atoms with Gasteiger partial charge in [-0.25, -0.2) is 4.79 Å².